The maximum atomic E-state index is 5.16. The predicted octanol–water partition coefficient (Wildman–Crippen LogP) is 18.2. The molecule has 0 saturated carbocycles. The highest BCUT2D eigenvalue weighted by Crippen LogP contribution is 2.51. The van der Waals surface area contributed by atoms with Gasteiger partial charge in [-0.3, -0.25) is 0 Å². The van der Waals surface area contributed by atoms with Crippen LogP contribution in [0.15, 0.2) is 226 Å². The molecule has 11 aromatic rings. The third-order valence-electron chi connectivity index (χ3n) is 12.3. The van der Waals surface area contributed by atoms with Crippen molar-refractivity contribution in [3.63, 3.8) is 0 Å². The van der Waals surface area contributed by atoms with E-state index < -0.39 is 0 Å². The minimum Gasteiger partial charge on any atom is -0.308 e. The van der Waals surface area contributed by atoms with Crippen molar-refractivity contribution in [2.45, 2.75) is 20.8 Å². The van der Waals surface area contributed by atoms with Crippen LogP contribution in [-0.4, -0.2) is 14.5 Å². The molecular formula is C63H49N3S. The molecule has 0 amide bonds. The maximum absolute atomic E-state index is 5.16. The SMILES string of the molecule is C=C/C=C(\C=C/C)c1cc(/C(C=C)=C/C=C\C)nc(-c2ccc(-n3c4c5ccccc5c5ccccc5c4c4c5sc6ccc(-c7ccccc7)cc6c5c5ccccc5c43)cc2)n1.C=CC. The summed E-state index contributed by atoms with van der Waals surface area (Å²) in [5.74, 6) is 0.637. The zero-order valence-corrected chi connectivity index (χ0v) is 38.8. The van der Waals surface area contributed by atoms with Crippen LogP contribution < -0.4 is 0 Å². The van der Waals surface area contributed by atoms with E-state index >= 15 is 0 Å². The summed E-state index contributed by atoms with van der Waals surface area (Å²) in [7, 11) is 0. The summed E-state index contributed by atoms with van der Waals surface area (Å²) in [6.07, 6.45) is 17.5. The number of nitrogens with zero attached hydrogens (tertiary/aromatic N) is 3. The van der Waals surface area contributed by atoms with E-state index in [9.17, 15) is 0 Å². The lowest BCUT2D eigenvalue weighted by Gasteiger charge is -2.14. The number of benzene rings is 8. The molecule has 4 heteroatoms. The molecule has 0 unspecified atom stereocenters. The molecule has 0 fully saturated rings. The molecule has 0 aliphatic heterocycles. The average molecular weight is 880 g/mol. The summed E-state index contributed by atoms with van der Waals surface area (Å²) in [5.41, 5.74) is 10.3. The van der Waals surface area contributed by atoms with Gasteiger partial charge < -0.3 is 4.57 Å². The molecule has 3 aromatic heterocycles. The first-order valence-corrected chi connectivity index (χ1v) is 23.5. The molecule has 0 atom stereocenters. The molecule has 67 heavy (non-hydrogen) atoms. The average Bonchev–Trinajstić information content (AvgIpc) is 3.95. The van der Waals surface area contributed by atoms with Gasteiger partial charge in [-0.1, -0.05) is 177 Å². The molecule has 3 heterocycles. The van der Waals surface area contributed by atoms with Gasteiger partial charge in [-0.15, -0.1) is 17.9 Å². The molecule has 0 radical (unpaired) electrons. The first-order valence-electron chi connectivity index (χ1n) is 22.7. The van der Waals surface area contributed by atoms with E-state index in [1.807, 2.05) is 74.6 Å². The fraction of sp³-hybridized carbons (Fsp3) is 0.0476. The van der Waals surface area contributed by atoms with Gasteiger partial charge in [-0.25, -0.2) is 9.97 Å². The van der Waals surface area contributed by atoms with Gasteiger partial charge in [-0.05, 0) is 107 Å². The number of rotatable bonds is 9. The second kappa shape index (κ2) is 18.4. The molecule has 0 spiro atoms. The number of allylic oxidation sites excluding steroid dienone is 11. The van der Waals surface area contributed by atoms with Crippen molar-refractivity contribution in [1.82, 2.24) is 14.5 Å². The van der Waals surface area contributed by atoms with Crippen LogP contribution in [0.25, 0.3) is 114 Å². The lowest BCUT2D eigenvalue weighted by atomic mass is 9.94. The molecular weight excluding hydrogens is 831 g/mol. The molecule has 0 aliphatic carbocycles. The van der Waals surface area contributed by atoms with E-state index in [4.69, 9.17) is 9.97 Å². The Bertz CT molecular complexity index is 3870. The first kappa shape index (κ1) is 42.8. The van der Waals surface area contributed by atoms with E-state index in [1.54, 1.807) is 12.2 Å². The van der Waals surface area contributed by atoms with Crippen molar-refractivity contribution in [1.29, 1.82) is 0 Å². The van der Waals surface area contributed by atoms with Gasteiger partial charge in [-0.2, -0.15) is 0 Å². The summed E-state index contributed by atoms with van der Waals surface area (Å²) in [6.45, 7) is 17.4. The number of hydrogen-bond donors (Lipinski definition) is 0. The topological polar surface area (TPSA) is 30.7 Å². The van der Waals surface area contributed by atoms with Gasteiger partial charge in [0, 0.05) is 53.0 Å². The Labute approximate surface area is 395 Å². The van der Waals surface area contributed by atoms with Crippen molar-refractivity contribution in [3.8, 4) is 28.2 Å². The molecule has 0 bridgehead atoms. The van der Waals surface area contributed by atoms with Gasteiger partial charge in [0.15, 0.2) is 5.82 Å². The van der Waals surface area contributed by atoms with Crippen LogP contribution in [0.2, 0.25) is 0 Å². The Morgan fingerprint density at radius 2 is 1.07 bits per heavy atom. The number of fused-ring (bicyclic) bond motifs is 15. The smallest absolute Gasteiger partial charge is 0.160 e. The van der Waals surface area contributed by atoms with Crippen molar-refractivity contribution in [2.75, 3.05) is 0 Å². The third kappa shape index (κ3) is 7.42. The first-order chi connectivity index (χ1) is 33.0. The molecule has 8 aromatic carbocycles. The van der Waals surface area contributed by atoms with E-state index in [2.05, 4.69) is 176 Å². The van der Waals surface area contributed by atoms with Crippen LogP contribution in [0.1, 0.15) is 32.2 Å². The minimum atomic E-state index is 0.637. The highest BCUT2D eigenvalue weighted by molar-refractivity contribution is 7.27. The summed E-state index contributed by atoms with van der Waals surface area (Å²) < 4.78 is 5.12. The van der Waals surface area contributed by atoms with Gasteiger partial charge in [0.25, 0.3) is 0 Å². The lowest BCUT2D eigenvalue weighted by molar-refractivity contribution is 1.13. The van der Waals surface area contributed by atoms with Crippen LogP contribution in [-0.2, 0) is 0 Å². The second-order valence-electron chi connectivity index (χ2n) is 16.4. The summed E-state index contributed by atoms with van der Waals surface area (Å²) >= 11 is 1.91. The highest BCUT2D eigenvalue weighted by Gasteiger charge is 2.25. The summed E-state index contributed by atoms with van der Waals surface area (Å²) in [4.78, 5) is 10.3. The van der Waals surface area contributed by atoms with Gasteiger partial charge in [0.2, 0.25) is 0 Å². The second-order valence-corrected chi connectivity index (χ2v) is 17.5. The minimum absolute atomic E-state index is 0.637. The van der Waals surface area contributed by atoms with Crippen LogP contribution in [0.3, 0.4) is 0 Å². The van der Waals surface area contributed by atoms with E-state index in [-0.39, 0.29) is 0 Å². The van der Waals surface area contributed by atoms with Crippen LogP contribution in [0.5, 0.6) is 0 Å². The normalized spacial score (nSPS) is 12.3. The van der Waals surface area contributed by atoms with Crippen molar-refractivity contribution in [2.24, 2.45) is 0 Å². The summed E-state index contributed by atoms with van der Waals surface area (Å²) in [6, 6.07) is 55.4. The van der Waals surface area contributed by atoms with Gasteiger partial charge >= 0.3 is 0 Å². The van der Waals surface area contributed by atoms with Gasteiger partial charge in [0.1, 0.15) is 0 Å². The molecule has 0 aliphatic rings. The van der Waals surface area contributed by atoms with E-state index in [1.165, 1.54) is 85.4 Å². The zero-order chi connectivity index (χ0) is 46.0. The van der Waals surface area contributed by atoms with E-state index in [0.717, 1.165) is 33.8 Å². The third-order valence-corrected chi connectivity index (χ3v) is 13.5. The Hall–Kier alpha value is -8.18. The number of aromatic nitrogens is 3. The fourth-order valence-electron chi connectivity index (χ4n) is 9.57. The Morgan fingerprint density at radius 1 is 0.507 bits per heavy atom. The molecule has 3 nitrogen and oxygen atoms in total. The molecule has 11 rings (SSSR count). The number of thiophene rings is 1. The van der Waals surface area contributed by atoms with Crippen LogP contribution in [0, 0.1) is 0 Å². The monoisotopic (exact) mass is 879 g/mol. The Balaban J connectivity index is 0.00000171. The van der Waals surface area contributed by atoms with Crippen LogP contribution >= 0.6 is 11.3 Å². The maximum Gasteiger partial charge on any atom is 0.160 e. The standard InChI is InChI=1S/C60H43N3S.C3H6/c1-5-9-21-38(8-4)51-37-52(40(19-6-2)20-7-3)62-60(61-51)41-30-33-43(34-31-41)63-57-48-28-17-14-25-45(48)44-24-13-15-26-46(44)55(57)56-58(63)49-29-18-16-27-47(49)54-50-36-42(39-22-11-10-12-23-39)32-35-53(50)64-59(54)56;1-3-2/h5-37H,2,4H2,1,3H3;3H,1H2,2H3/b9-5-,20-7-,38-21+,40-19+;. The lowest BCUT2D eigenvalue weighted by Crippen LogP contribution is -2.00. The molecule has 0 saturated heterocycles. The molecule has 0 N–H and O–H groups in total. The predicted molar refractivity (Wildman–Crippen MR) is 294 cm³/mol. The number of hydrogen-bond acceptors (Lipinski definition) is 3. The largest absolute Gasteiger partial charge is 0.308 e. The Kier molecular flexibility index (Phi) is 11.7. The summed E-state index contributed by atoms with van der Waals surface area (Å²) in [5, 5.41) is 12.6. The van der Waals surface area contributed by atoms with Crippen molar-refractivity contribution < 1.29 is 0 Å². The quantitative estimate of drug-likeness (QED) is 0.0821. The Morgan fingerprint density at radius 3 is 1.72 bits per heavy atom. The van der Waals surface area contributed by atoms with Crippen molar-refractivity contribution >= 4 is 96.8 Å². The molecule has 322 valence electrons. The fourth-order valence-corrected chi connectivity index (χ4v) is 10.8. The van der Waals surface area contributed by atoms with Crippen molar-refractivity contribution in [3.05, 3.63) is 237 Å². The highest BCUT2D eigenvalue weighted by atomic mass is 32.1. The zero-order valence-electron chi connectivity index (χ0n) is 38.0. The van der Waals surface area contributed by atoms with Gasteiger partial charge in [0.05, 0.1) is 22.4 Å². The van der Waals surface area contributed by atoms with E-state index in [0.29, 0.717) is 5.82 Å². The van der Waals surface area contributed by atoms with Crippen LogP contribution in [0.4, 0.5) is 0 Å².